The molecule has 6 fully saturated rings. The Labute approximate surface area is 238 Å². The van der Waals surface area contributed by atoms with E-state index in [1.807, 2.05) is 0 Å². The number of fused-ring (bicyclic) bond motifs is 6. The second-order valence-corrected chi connectivity index (χ2v) is 17.4. The van der Waals surface area contributed by atoms with Crippen molar-refractivity contribution in [2.45, 2.75) is 111 Å². The highest BCUT2D eigenvalue weighted by Crippen LogP contribution is 2.64. The third kappa shape index (κ3) is 4.53. The predicted molar refractivity (Wildman–Crippen MR) is 163 cm³/mol. The first-order chi connectivity index (χ1) is 16.6. The molecule has 6 rings (SSSR count). The molecular formula is C32H50I2. The molecule has 6 aliphatic carbocycles. The first-order valence-electron chi connectivity index (χ1n) is 15.5. The van der Waals surface area contributed by atoms with Crippen LogP contribution in [0.5, 0.6) is 0 Å². The van der Waals surface area contributed by atoms with E-state index >= 15 is 0 Å². The largest absolute Gasteiger partial charge is 0.103 e. The lowest BCUT2D eigenvalue weighted by Gasteiger charge is -2.44. The van der Waals surface area contributed by atoms with Gasteiger partial charge in [0, 0.05) is 7.85 Å². The van der Waals surface area contributed by atoms with Gasteiger partial charge in [-0.15, -0.1) is 6.58 Å². The molecular weight excluding hydrogens is 638 g/mol. The molecule has 0 bridgehead atoms. The Morgan fingerprint density at radius 3 is 1.53 bits per heavy atom. The molecule has 6 aliphatic rings. The van der Waals surface area contributed by atoms with Gasteiger partial charge in [0.15, 0.2) is 0 Å². The van der Waals surface area contributed by atoms with E-state index in [1.54, 1.807) is 57.8 Å². The Morgan fingerprint density at radius 1 is 0.588 bits per heavy atom. The summed E-state index contributed by atoms with van der Waals surface area (Å²) in [5.41, 5.74) is 0. The number of hydrogen-bond donors (Lipinski definition) is 0. The van der Waals surface area contributed by atoms with Gasteiger partial charge in [0.25, 0.3) is 0 Å². The molecule has 0 amide bonds. The maximum absolute atomic E-state index is 4.11. The molecule has 192 valence electrons. The summed E-state index contributed by atoms with van der Waals surface area (Å²) in [6, 6.07) is 0. The average molecular weight is 689 g/mol. The fraction of sp³-hybridized carbons (Fsp3) is 0.938. The van der Waals surface area contributed by atoms with Crippen LogP contribution in [0.15, 0.2) is 12.7 Å². The van der Waals surface area contributed by atoms with Crippen molar-refractivity contribution in [3.63, 3.8) is 0 Å². The van der Waals surface area contributed by atoms with Crippen molar-refractivity contribution in [2.24, 2.45) is 71.0 Å². The van der Waals surface area contributed by atoms with Crippen LogP contribution < -0.4 is 0 Å². The minimum atomic E-state index is 0.954. The van der Waals surface area contributed by atoms with Crippen LogP contribution in [-0.2, 0) is 0 Å². The van der Waals surface area contributed by atoms with Gasteiger partial charge < -0.3 is 0 Å². The highest BCUT2D eigenvalue weighted by atomic mass is 127. The van der Waals surface area contributed by atoms with Crippen molar-refractivity contribution in [1.82, 2.24) is 0 Å². The third-order valence-electron chi connectivity index (χ3n) is 12.9. The molecule has 0 aliphatic heterocycles. The molecule has 0 nitrogen and oxygen atoms in total. The van der Waals surface area contributed by atoms with Crippen molar-refractivity contribution in [3.05, 3.63) is 12.7 Å². The molecule has 2 heteroatoms. The predicted octanol–water partition coefficient (Wildman–Crippen LogP) is 10.1. The highest BCUT2D eigenvalue weighted by molar-refractivity contribution is 14.1. The smallest absolute Gasteiger partial charge is 0.0113 e. The molecule has 0 aromatic carbocycles. The second-order valence-electron chi connectivity index (χ2n) is 13.9. The summed E-state index contributed by atoms with van der Waals surface area (Å²) >= 11 is 5.57. The summed E-state index contributed by atoms with van der Waals surface area (Å²) in [7, 11) is 0. The van der Waals surface area contributed by atoms with E-state index in [0.717, 1.165) is 78.9 Å². The quantitative estimate of drug-likeness (QED) is 0.153. The lowest BCUT2D eigenvalue weighted by molar-refractivity contribution is 0.0577. The van der Waals surface area contributed by atoms with Crippen LogP contribution in [0.3, 0.4) is 0 Å². The lowest BCUT2D eigenvalue weighted by Crippen LogP contribution is -2.35. The maximum atomic E-state index is 4.11. The van der Waals surface area contributed by atoms with E-state index in [2.05, 4.69) is 64.8 Å². The number of halogens is 2. The highest BCUT2D eigenvalue weighted by Gasteiger charge is 2.56. The fourth-order valence-electron chi connectivity index (χ4n) is 11.8. The van der Waals surface area contributed by atoms with E-state index < -0.39 is 0 Å². The maximum Gasteiger partial charge on any atom is 0.0113 e. The van der Waals surface area contributed by atoms with Crippen LogP contribution in [0.25, 0.3) is 0 Å². The van der Waals surface area contributed by atoms with E-state index in [0.29, 0.717) is 0 Å². The molecule has 0 heterocycles. The molecule has 14 unspecified atom stereocenters. The number of rotatable bonds is 5. The minimum Gasteiger partial charge on any atom is -0.103 e. The monoisotopic (exact) mass is 688 g/mol. The third-order valence-corrected chi connectivity index (χ3v) is 15.2. The van der Waals surface area contributed by atoms with Crippen molar-refractivity contribution in [2.75, 3.05) is 0 Å². The van der Waals surface area contributed by atoms with Gasteiger partial charge in [-0.3, -0.25) is 0 Å². The van der Waals surface area contributed by atoms with Crippen LogP contribution in [0.4, 0.5) is 0 Å². The molecule has 0 radical (unpaired) electrons. The van der Waals surface area contributed by atoms with Crippen molar-refractivity contribution in [1.29, 1.82) is 0 Å². The van der Waals surface area contributed by atoms with Crippen LogP contribution in [0.1, 0.15) is 103 Å². The first kappa shape index (κ1) is 25.5. The van der Waals surface area contributed by atoms with Gasteiger partial charge in [-0.1, -0.05) is 64.6 Å². The van der Waals surface area contributed by atoms with Gasteiger partial charge >= 0.3 is 0 Å². The van der Waals surface area contributed by atoms with Crippen molar-refractivity contribution >= 4 is 45.2 Å². The van der Waals surface area contributed by atoms with Gasteiger partial charge in [0.2, 0.25) is 0 Å². The Kier molecular flexibility index (Phi) is 8.06. The Balaban J connectivity index is 1.16. The van der Waals surface area contributed by atoms with Gasteiger partial charge in [-0.05, 0) is 161 Å². The summed E-state index contributed by atoms with van der Waals surface area (Å²) in [5, 5.41) is 0. The van der Waals surface area contributed by atoms with Crippen LogP contribution in [-0.4, -0.2) is 7.85 Å². The molecule has 0 saturated heterocycles. The molecule has 0 aromatic heterocycles. The SMILES string of the molecule is C=CCCC1C2CC(I)CCC2C2CCC(C3CCC4C5CCC(I)CC5C(CC)C4C3)CC21. The first-order valence-corrected chi connectivity index (χ1v) is 18.0. The zero-order valence-corrected chi connectivity index (χ0v) is 26.0. The Hall–Kier alpha value is 1.20. The topological polar surface area (TPSA) is 0 Å². The fourth-order valence-corrected chi connectivity index (χ4v) is 13.7. The normalized spacial score (nSPS) is 54.6. The summed E-state index contributed by atoms with van der Waals surface area (Å²) in [4.78, 5) is 0. The second kappa shape index (κ2) is 10.8. The van der Waals surface area contributed by atoms with E-state index in [9.17, 15) is 0 Å². The van der Waals surface area contributed by atoms with E-state index in [-0.39, 0.29) is 0 Å². The zero-order valence-electron chi connectivity index (χ0n) is 21.7. The van der Waals surface area contributed by atoms with Crippen LogP contribution in [0.2, 0.25) is 0 Å². The Morgan fingerprint density at radius 2 is 1.03 bits per heavy atom. The van der Waals surface area contributed by atoms with Gasteiger partial charge in [-0.2, -0.15) is 0 Å². The molecule has 0 aromatic rings. The molecule has 0 N–H and O–H groups in total. The average Bonchev–Trinajstić information content (AvgIpc) is 3.32. The molecule has 34 heavy (non-hydrogen) atoms. The van der Waals surface area contributed by atoms with E-state index in [1.165, 1.54) is 38.5 Å². The van der Waals surface area contributed by atoms with Gasteiger partial charge in [0.05, 0.1) is 0 Å². The Bertz CT molecular complexity index is 718. The number of alkyl halides is 2. The van der Waals surface area contributed by atoms with Gasteiger partial charge in [0.1, 0.15) is 0 Å². The van der Waals surface area contributed by atoms with Crippen molar-refractivity contribution < 1.29 is 0 Å². The standard InChI is InChI=1S/C32H50I2/c1-3-5-6-24-30-16-20(8-12-26(30)28-14-10-22(34)18-32(24)28)19-7-11-25-27-13-9-21(33)17-31(27)23(4-2)29(25)15-19/h3,19-32H,1,4-18H2,2H3. The molecule has 0 spiro atoms. The van der Waals surface area contributed by atoms with Gasteiger partial charge in [-0.25, -0.2) is 0 Å². The van der Waals surface area contributed by atoms with Crippen molar-refractivity contribution in [3.8, 4) is 0 Å². The molecule has 14 atom stereocenters. The number of hydrogen-bond acceptors (Lipinski definition) is 0. The van der Waals surface area contributed by atoms with E-state index in [4.69, 9.17) is 0 Å². The summed E-state index contributed by atoms with van der Waals surface area (Å²) in [5.74, 6) is 13.0. The van der Waals surface area contributed by atoms with Crippen LogP contribution >= 0.6 is 45.2 Å². The molecule has 6 saturated carbocycles. The van der Waals surface area contributed by atoms with Crippen LogP contribution in [0, 0.1) is 71.0 Å². The lowest BCUT2D eigenvalue weighted by atomic mass is 9.61. The zero-order chi connectivity index (χ0) is 23.4. The number of allylic oxidation sites excluding steroid dienone is 1. The summed E-state index contributed by atoms with van der Waals surface area (Å²) in [6.07, 6.45) is 25.3. The summed E-state index contributed by atoms with van der Waals surface area (Å²) < 4.78 is 1.93. The summed E-state index contributed by atoms with van der Waals surface area (Å²) in [6.45, 7) is 6.65. The minimum absolute atomic E-state index is 0.954.